The number of hydrogen-bond donors (Lipinski definition) is 1. The number of carbonyl (C=O) groups is 2. The first kappa shape index (κ1) is 19.6. The summed E-state index contributed by atoms with van der Waals surface area (Å²) in [5.41, 5.74) is 0.752. The molecule has 0 saturated carbocycles. The Kier molecular flexibility index (Phi) is 5.41. The molecule has 0 aliphatic carbocycles. The number of fused-ring (bicyclic) bond motifs is 1. The maximum atomic E-state index is 13.5. The van der Waals surface area contributed by atoms with Gasteiger partial charge >= 0.3 is 5.97 Å². The number of hydrogen-bond acceptors (Lipinski definition) is 5. The molecule has 1 amide bonds. The van der Waals surface area contributed by atoms with Gasteiger partial charge in [0.1, 0.15) is 11.2 Å². The van der Waals surface area contributed by atoms with E-state index in [9.17, 15) is 9.59 Å². The molecule has 2 aromatic rings. The lowest BCUT2D eigenvalue weighted by molar-refractivity contribution is -0.162. The fourth-order valence-electron chi connectivity index (χ4n) is 4.74. The summed E-state index contributed by atoms with van der Waals surface area (Å²) >= 11 is 0. The van der Waals surface area contributed by atoms with Gasteiger partial charge in [-0.05, 0) is 38.8 Å². The number of piperidine rings is 2. The van der Waals surface area contributed by atoms with E-state index in [1.807, 2.05) is 53.9 Å². The standard InChI is InChI=1S/C22H28N4O3/c1-3-29-21(28)22-10-6-11-23-18(22)9-13-26(15-22)20(27)17-8-5-4-7-16(17)19-24-12-14-25(19)2/h4-5,7-8,12,14,18,23H,3,6,9-11,13,15H2,1-2H3/t18-,22+/m0/s1. The maximum absolute atomic E-state index is 13.5. The fourth-order valence-corrected chi connectivity index (χ4v) is 4.74. The second-order valence-electron chi connectivity index (χ2n) is 7.91. The Morgan fingerprint density at radius 1 is 1.34 bits per heavy atom. The minimum atomic E-state index is -0.666. The molecule has 1 aromatic carbocycles. The van der Waals surface area contributed by atoms with E-state index in [1.54, 1.807) is 6.20 Å². The Morgan fingerprint density at radius 2 is 2.17 bits per heavy atom. The van der Waals surface area contributed by atoms with Crippen molar-refractivity contribution in [2.24, 2.45) is 12.5 Å². The van der Waals surface area contributed by atoms with E-state index < -0.39 is 5.41 Å². The van der Waals surface area contributed by atoms with Gasteiger partial charge in [-0.15, -0.1) is 0 Å². The summed E-state index contributed by atoms with van der Waals surface area (Å²) in [5.74, 6) is 0.506. The van der Waals surface area contributed by atoms with Crippen LogP contribution in [0.4, 0.5) is 0 Å². The van der Waals surface area contributed by atoms with E-state index in [2.05, 4.69) is 10.3 Å². The van der Waals surface area contributed by atoms with E-state index in [-0.39, 0.29) is 17.9 Å². The van der Waals surface area contributed by atoms with Crippen LogP contribution in [0.5, 0.6) is 0 Å². The average Bonchev–Trinajstić information content (AvgIpc) is 3.18. The molecule has 1 aromatic heterocycles. The third kappa shape index (κ3) is 3.44. The van der Waals surface area contributed by atoms with Gasteiger partial charge in [0, 0.05) is 44.1 Å². The quantitative estimate of drug-likeness (QED) is 0.802. The molecule has 3 heterocycles. The highest BCUT2D eigenvalue weighted by molar-refractivity contribution is 6.00. The van der Waals surface area contributed by atoms with Gasteiger partial charge in [-0.3, -0.25) is 9.59 Å². The highest BCUT2D eigenvalue weighted by atomic mass is 16.5. The first-order chi connectivity index (χ1) is 14.1. The first-order valence-electron chi connectivity index (χ1n) is 10.3. The predicted molar refractivity (Wildman–Crippen MR) is 109 cm³/mol. The first-order valence-corrected chi connectivity index (χ1v) is 10.3. The van der Waals surface area contributed by atoms with E-state index in [1.165, 1.54) is 0 Å². The van der Waals surface area contributed by atoms with Crippen LogP contribution in [0, 0.1) is 5.41 Å². The summed E-state index contributed by atoms with van der Waals surface area (Å²) in [6, 6.07) is 7.61. The molecule has 7 nitrogen and oxygen atoms in total. The number of rotatable bonds is 4. The van der Waals surface area contributed by atoms with Crippen LogP contribution in [0.1, 0.15) is 36.5 Å². The van der Waals surface area contributed by atoms with Gasteiger partial charge in [0.05, 0.1) is 12.2 Å². The molecule has 7 heteroatoms. The Bertz CT molecular complexity index is 909. The second kappa shape index (κ2) is 7.99. The number of aromatic nitrogens is 2. The molecule has 0 bridgehead atoms. The summed E-state index contributed by atoms with van der Waals surface area (Å²) in [6.07, 6.45) is 5.99. The summed E-state index contributed by atoms with van der Waals surface area (Å²) in [6.45, 7) is 4.09. The summed E-state index contributed by atoms with van der Waals surface area (Å²) in [4.78, 5) is 32.7. The largest absolute Gasteiger partial charge is 0.465 e. The van der Waals surface area contributed by atoms with Crippen LogP contribution in [0.25, 0.3) is 11.4 Å². The van der Waals surface area contributed by atoms with Crippen molar-refractivity contribution < 1.29 is 14.3 Å². The summed E-state index contributed by atoms with van der Waals surface area (Å²) in [7, 11) is 1.92. The van der Waals surface area contributed by atoms with E-state index >= 15 is 0 Å². The molecule has 2 fully saturated rings. The lowest BCUT2D eigenvalue weighted by Crippen LogP contribution is -2.64. The van der Waals surface area contributed by atoms with E-state index in [4.69, 9.17) is 4.74 Å². The van der Waals surface area contributed by atoms with Gasteiger partial charge in [-0.1, -0.05) is 18.2 Å². The SMILES string of the molecule is CCOC(=O)[C@@]12CCCN[C@H]1CCN(C(=O)c1ccccc1-c1nccn1C)C2. The molecule has 1 N–H and O–H groups in total. The Hall–Kier alpha value is -2.67. The van der Waals surface area contributed by atoms with Crippen molar-refractivity contribution in [3.63, 3.8) is 0 Å². The van der Waals surface area contributed by atoms with Gasteiger partial charge in [0.15, 0.2) is 0 Å². The van der Waals surface area contributed by atoms with E-state index in [0.717, 1.165) is 37.2 Å². The molecule has 0 radical (unpaired) electrons. The number of nitrogens with one attached hydrogen (secondary N) is 1. The van der Waals surface area contributed by atoms with Gasteiger partial charge in [-0.2, -0.15) is 0 Å². The number of esters is 1. The van der Waals surface area contributed by atoms with Crippen LogP contribution >= 0.6 is 0 Å². The Morgan fingerprint density at radius 3 is 2.93 bits per heavy atom. The lowest BCUT2D eigenvalue weighted by atomic mass is 9.70. The summed E-state index contributed by atoms with van der Waals surface area (Å²) < 4.78 is 7.35. The third-order valence-corrected chi connectivity index (χ3v) is 6.21. The fraction of sp³-hybridized carbons (Fsp3) is 0.500. The Labute approximate surface area is 171 Å². The van der Waals surface area contributed by atoms with Crippen molar-refractivity contribution in [2.45, 2.75) is 32.2 Å². The monoisotopic (exact) mass is 396 g/mol. The van der Waals surface area contributed by atoms with Crippen LogP contribution in [-0.2, 0) is 16.6 Å². The molecule has 29 heavy (non-hydrogen) atoms. The molecule has 2 saturated heterocycles. The van der Waals surface area contributed by atoms with Crippen molar-refractivity contribution in [3.8, 4) is 11.4 Å². The van der Waals surface area contributed by atoms with Crippen molar-refractivity contribution >= 4 is 11.9 Å². The minimum absolute atomic E-state index is 0.0590. The van der Waals surface area contributed by atoms with Gasteiger partial charge < -0.3 is 19.5 Å². The number of benzene rings is 1. The van der Waals surface area contributed by atoms with Crippen molar-refractivity contribution in [2.75, 3.05) is 26.2 Å². The molecule has 154 valence electrons. The number of likely N-dealkylation sites (tertiary alicyclic amines) is 1. The number of nitrogens with zero attached hydrogens (tertiary/aromatic N) is 3. The van der Waals surface area contributed by atoms with Crippen LogP contribution in [0.2, 0.25) is 0 Å². The molecule has 2 aliphatic heterocycles. The maximum Gasteiger partial charge on any atom is 0.315 e. The normalized spacial score (nSPS) is 24.1. The Balaban J connectivity index is 1.65. The van der Waals surface area contributed by atoms with Gasteiger partial charge in [-0.25, -0.2) is 4.98 Å². The van der Waals surface area contributed by atoms with Crippen molar-refractivity contribution in [1.82, 2.24) is 19.8 Å². The highest BCUT2D eigenvalue weighted by Gasteiger charge is 2.52. The van der Waals surface area contributed by atoms with Crippen LogP contribution in [0.15, 0.2) is 36.7 Å². The molecule has 2 atom stereocenters. The molecule has 2 aliphatic rings. The highest BCUT2D eigenvalue weighted by Crippen LogP contribution is 2.39. The van der Waals surface area contributed by atoms with Crippen molar-refractivity contribution in [3.05, 3.63) is 42.2 Å². The lowest BCUT2D eigenvalue weighted by Gasteiger charge is -2.49. The number of carbonyl (C=O) groups excluding carboxylic acids is 2. The number of amides is 1. The van der Waals surface area contributed by atoms with Crippen LogP contribution < -0.4 is 5.32 Å². The van der Waals surface area contributed by atoms with E-state index in [0.29, 0.717) is 25.3 Å². The van der Waals surface area contributed by atoms with Crippen molar-refractivity contribution in [1.29, 1.82) is 0 Å². The zero-order chi connectivity index (χ0) is 20.4. The second-order valence-corrected chi connectivity index (χ2v) is 7.91. The van der Waals surface area contributed by atoms with Crippen LogP contribution in [0.3, 0.4) is 0 Å². The van der Waals surface area contributed by atoms with Gasteiger partial charge in [0.2, 0.25) is 0 Å². The van der Waals surface area contributed by atoms with Gasteiger partial charge in [0.25, 0.3) is 5.91 Å². The smallest absolute Gasteiger partial charge is 0.315 e. The zero-order valence-corrected chi connectivity index (χ0v) is 17.1. The number of imidazole rings is 1. The number of ether oxygens (including phenoxy) is 1. The third-order valence-electron chi connectivity index (χ3n) is 6.21. The zero-order valence-electron chi connectivity index (χ0n) is 17.1. The minimum Gasteiger partial charge on any atom is -0.465 e. The molecular weight excluding hydrogens is 368 g/mol. The number of aryl methyl sites for hydroxylation is 1. The molecule has 0 unspecified atom stereocenters. The molecule has 0 spiro atoms. The molecule has 4 rings (SSSR count). The predicted octanol–water partition coefficient (Wildman–Crippen LogP) is 2.23. The van der Waals surface area contributed by atoms with Crippen LogP contribution in [-0.4, -0.2) is 58.6 Å². The average molecular weight is 396 g/mol. The summed E-state index contributed by atoms with van der Waals surface area (Å²) in [5, 5.41) is 3.49. The topological polar surface area (TPSA) is 76.5 Å². The molecular formula is C22H28N4O3.